The Morgan fingerprint density at radius 3 is 2.58 bits per heavy atom. The maximum Gasteiger partial charge on any atom is 0.254 e. The molecule has 1 aromatic carbocycles. The van der Waals surface area contributed by atoms with Crippen LogP contribution in [0.15, 0.2) is 18.2 Å². The van der Waals surface area contributed by atoms with Gasteiger partial charge in [0.25, 0.3) is 5.91 Å². The molecular formula is C18H22N2O4. The fraction of sp³-hybridized carbons (Fsp3) is 0.556. The van der Waals surface area contributed by atoms with E-state index in [-0.39, 0.29) is 24.6 Å². The lowest BCUT2D eigenvalue weighted by Gasteiger charge is -2.32. The Labute approximate surface area is 141 Å². The van der Waals surface area contributed by atoms with E-state index in [4.69, 9.17) is 9.47 Å². The zero-order valence-electron chi connectivity index (χ0n) is 13.7. The number of hydrogen-bond acceptors (Lipinski definition) is 4. The zero-order valence-corrected chi connectivity index (χ0v) is 13.7. The second-order valence-electron chi connectivity index (χ2n) is 6.61. The van der Waals surface area contributed by atoms with Crippen molar-refractivity contribution in [3.05, 3.63) is 23.8 Å². The number of hydrogen-bond donors (Lipinski definition) is 0. The standard InChI is InChI=1S/C18H22N2O4/c21-17(13-6-7-15-16(11-13)24-12-23-15)20-10-4-5-14(20)18(22)19-8-2-1-3-9-19/h6-7,11,14H,1-5,8-10,12H2/t14-/m1/s1. The fourth-order valence-corrected chi connectivity index (χ4v) is 3.79. The van der Waals surface area contributed by atoms with E-state index in [1.54, 1.807) is 23.1 Å². The molecule has 6 heteroatoms. The number of amides is 2. The van der Waals surface area contributed by atoms with Crippen molar-refractivity contribution < 1.29 is 19.1 Å². The predicted octanol–water partition coefficient (Wildman–Crippen LogP) is 2.03. The van der Waals surface area contributed by atoms with Crippen LogP contribution in [0.3, 0.4) is 0 Å². The third-order valence-corrected chi connectivity index (χ3v) is 5.09. The van der Waals surface area contributed by atoms with E-state index in [2.05, 4.69) is 0 Å². The minimum atomic E-state index is -0.318. The quantitative estimate of drug-likeness (QED) is 0.832. The van der Waals surface area contributed by atoms with E-state index in [1.165, 1.54) is 6.42 Å². The van der Waals surface area contributed by atoms with Crippen LogP contribution in [0.5, 0.6) is 11.5 Å². The molecule has 0 bridgehead atoms. The lowest BCUT2D eigenvalue weighted by molar-refractivity contribution is -0.136. The van der Waals surface area contributed by atoms with E-state index in [9.17, 15) is 9.59 Å². The van der Waals surface area contributed by atoms with Gasteiger partial charge < -0.3 is 19.3 Å². The highest BCUT2D eigenvalue weighted by Crippen LogP contribution is 2.33. The number of nitrogens with zero attached hydrogens (tertiary/aromatic N) is 2. The highest BCUT2D eigenvalue weighted by atomic mass is 16.7. The van der Waals surface area contributed by atoms with Gasteiger partial charge in [0.1, 0.15) is 6.04 Å². The van der Waals surface area contributed by atoms with Crippen molar-refractivity contribution in [2.45, 2.75) is 38.1 Å². The van der Waals surface area contributed by atoms with Crippen molar-refractivity contribution in [2.75, 3.05) is 26.4 Å². The monoisotopic (exact) mass is 330 g/mol. The first-order valence-electron chi connectivity index (χ1n) is 8.73. The summed E-state index contributed by atoms with van der Waals surface area (Å²) in [6.07, 6.45) is 4.95. The number of likely N-dealkylation sites (tertiary alicyclic amines) is 2. The minimum absolute atomic E-state index is 0.0961. The molecule has 4 rings (SSSR count). The summed E-state index contributed by atoms with van der Waals surface area (Å²) in [5.41, 5.74) is 0.553. The SMILES string of the molecule is O=C([C@H]1CCCN1C(=O)c1ccc2c(c1)OCO2)N1CCCCC1. The van der Waals surface area contributed by atoms with Gasteiger partial charge in [0, 0.05) is 25.2 Å². The van der Waals surface area contributed by atoms with Gasteiger partial charge >= 0.3 is 0 Å². The van der Waals surface area contributed by atoms with Gasteiger partial charge in [-0.15, -0.1) is 0 Å². The van der Waals surface area contributed by atoms with Gasteiger partial charge in [0.2, 0.25) is 12.7 Å². The molecule has 1 atom stereocenters. The first-order valence-corrected chi connectivity index (χ1v) is 8.73. The molecule has 0 aliphatic carbocycles. The van der Waals surface area contributed by atoms with Crippen LogP contribution in [0.1, 0.15) is 42.5 Å². The normalized spacial score (nSPS) is 22.8. The van der Waals surface area contributed by atoms with Crippen molar-refractivity contribution in [1.29, 1.82) is 0 Å². The van der Waals surface area contributed by atoms with Crippen molar-refractivity contribution in [3.8, 4) is 11.5 Å². The van der Waals surface area contributed by atoms with Crippen LogP contribution in [-0.4, -0.2) is 54.1 Å². The summed E-state index contributed by atoms with van der Waals surface area (Å²) in [7, 11) is 0. The number of piperidine rings is 1. The van der Waals surface area contributed by atoms with Crippen molar-refractivity contribution in [1.82, 2.24) is 9.80 Å². The lowest BCUT2D eigenvalue weighted by atomic mass is 10.1. The first-order chi connectivity index (χ1) is 11.7. The van der Waals surface area contributed by atoms with E-state index < -0.39 is 0 Å². The number of benzene rings is 1. The highest BCUT2D eigenvalue weighted by Gasteiger charge is 2.37. The van der Waals surface area contributed by atoms with Crippen LogP contribution in [0, 0.1) is 0 Å². The Morgan fingerprint density at radius 1 is 0.958 bits per heavy atom. The average Bonchev–Trinajstić information content (AvgIpc) is 3.29. The van der Waals surface area contributed by atoms with Gasteiger partial charge in [-0.25, -0.2) is 0 Å². The van der Waals surface area contributed by atoms with E-state index in [0.717, 1.165) is 38.8 Å². The maximum absolute atomic E-state index is 12.9. The van der Waals surface area contributed by atoms with Crippen LogP contribution >= 0.6 is 0 Å². The van der Waals surface area contributed by atoms with Crippen LogP contribution in [-0.2, 0) is 4.79 Å². The molecule has 0 aromatic heterocycles. The molecule has 24 heavy (non-hydrogen) atoms. The number of carbonyl (C=O) groups excluding carboxylic acids is 2. The Bertz CT molecular complexity index is 654. The molecular weight excluding hydrogens is 308 g/mol. The van der Waals surface area contributed by atoms with Crippen LogP contribution in [0.4, 0.5) is 0 Å². The number of fused-ring (bicyclic) bond motifs is 1. The summed E-state index contributed by atoms with van der Waals surface area (Å²) in [6.45, 7) is 2.47. The summed E-state index contributed by atoms with van der Waals surface area (Å²) < 4.78 is 10.6. The molecule has 3 heterocycles. The lowest BCUT2D eigenvalue weighted by Crippen LogP contribution is -2.49. The van der Waals surface area contributed by atoms with E-state index in [0.29, 0.717) is 23.6 Å². The minimum Gasteiger partial charge on any atom is -0.454 e. The number of carbonyl (C=O) groups is 2. The molecule has 2 saturated heterocycles. The van der Waals surface area contributed by atoms with Gasteiger partial charge in [0.15, 0.2) is 11.5 Å². The summed E-state index contributed by atoms with van der Waals surface area (Å²) in [4.78, 5) is 29.4. The molecule has 2 fully saturated rings. The van der Waals surface area contributed by atoms with E-state index in [1.807, 2.05) is 4.90 Å². The average molecular weight is 330 g/mol. The molecule has 0 spiro atoms. The summed E-state index contributed by atoms with van der Waals surface area (Å²) in [6, 6.07) is 4.90. The second-order valence-corrected chi connectivity index (χ2v) is 6.61. The summed E-state index contributed by atoms with van der Waals surface area (Å²) in [5, 5.41) is 0. The zero-order chi connectivity index (χ0) is 16.5. The van der Waals surface area contributed by atoms with Gasteiger partial charge in [0.05, 0.1) is 0 Å². The second kappa shape index (κ2) is 6.34. The van der Waals surface area contributed by atoms with Crippen LogP contribution < -0.4 is 9.47 Å². The Kier molecular flexibility index (Phi) is 4.04. The molecule has 1 aromatic rings. The van der Waals surface area contributed by atoms with Crippen LogP contribution in [0.2, 0.25) is 0 Å². The Morgan fingerprint density at radius 2 is 1.75 bits per heavy atom. The molecule has 0 unspecified atom stereocenters. The topological polar surface area (TPSA) is 59.1 Å². The molecule has 0 saturated carbocycles. The summed E-state index contributed by atoms with van der Waals surface area (Å²) >= 11 is 0. The molecule has 0 N–H and O–H groups in total. The van der Waals surface area contributed by atoms with Crippen molar-refractivity contribution >= 4 is 11.8 Å². The molecule has 3 aliphatic rings. The van der Waals surface area contributed by atoms with Crippen molar-refractivity contribution in [3.63, 3.8) is 0 Å². The molecule has 6 nitrogen and oxygen atoms in total. The van der Waals surface area contributed by atoms with E-state index >= 15 is 0 Å². The highest BCUT2D eigenvalue weighted by molar-refractivity contribution is 5.98. The first kappa shape index (κ1) is 15.3. The van der Waals surface area contributed by atoms with Gasteiger partial charge in [-0.3, -0.25) is 9.59 Å². The van der Waals surface area contributed by atoms with Gasteiger partial charge in [-0.2, -0.15) is 0 Å². The smallest absolute Gasteiger partial charge is 0.254 e. The third kappa shape index (κ3) is 2.70. The number of ether oxygens (including phenoxy) is 2. The van der Waals surface area contributed by atoms with Gasteiger partial charge in [-0.1, -0.05) is 0 Å². The largest absolute Gasteiger partial charge is 0.454 e. The predicted molar refractivity (Wildman–Crippen MR) is 87.1 cm³/mol. The molecule has 0 radical (unpaired) electrons. The fourth-order valence-electron chi connectivity index (χ4n) is 3.79. The van der Waals surface area contributed by atoms with Crippen LogP contribution in [0.25, 0.3) is 0 Å². The Balaban J connectivity index is 1.51. The molecule has 2 amide bonds. The molecule has 128 valence electrons. The van der Waals surface area contributed by atoms with Crippen molar-refractivity contribution in [2.24, 2.45) is 0 Å². The maximum atomic E-state index is 12.9. The molecule has 3 aliphatic heterocycles. The summed E-state index contributed by atoms with van der Waals surface area (Å²) in [5.74, 6) is 1.27. The number of rotatable bonds is 2. The Hall–Kier alpha value is -2.24. The third-order valence-electron chi connectivity index (χ3n) is 5.09. The van der Waals surface area contributed by atoms with Gasteiger partial charge in [-0.05, 0) is 50.3 Å².